The number of hydrogen-bond acceptors (Lipinski definition) is 4. The van der Waals surface area contributed by atoms with Crippen molar-refractivity contribution in [1.82, 2.24) is 4.98 Å². The second-order valence-electron chi connectivity index (χ2n) is 4.52. The summed E-state index contributed by atoms with van der Waals surface area (Å²) < 4.78 is 0. The van der Waals surface area contributed by atoms with Gasteiger partial charge in [-0.3, -0.25) is 0 Å². The predicted octanol–water partition coefficient (Wildman–Crippen LogP) is 1.16. The lowest BCUT2D eigenvalue weighted by Gasteiger charge is -2.26. The van der Waals surface area contributed by atoms with Crippen molar-refractivity contribution in [3.05, 3.63) is 35.5 Å². The monoisotopic (exact) mass is 230 g/mol. The molecule has 0 saturated heterocycles. The molecule has 4 heteroatoms. The molecule has 1 aliphatic carbocycles. The summed E-state index contributed by atoms with van der Waals surface area (Å²) >= 11 is 0. The first kappa shape index (κ1) is 10.5. The Morgan fingerprint density at radius 1 is 1.24 bits per heavy atom. The van der Waals surface area contributed by atoms with Crippen LogP contribution in [0.4, 0.5) is 5.69 Å². The highest BCUT2D eigenvalue weighted by Crippen LogP contribution is 2.35. The molecule has 2 atom stereocenters. The fourth-order valence-corrected chi connectivity index (χ4v) is 2.48. The van der Waals surface area contributed by atoms with Crippen LogP contribution in [0.5, 0.6) is 0 Å². The van der Waals surface area contributed by atoms with E-state index in [1.807, 2.05) is 24.3 Å². The molecule has 0 amide bonds. The summed E-state index contributed by atoms with van der Waals surface area (Å²) in [6.07, 6.45) is -0.461. The summed E-state index contributed by atoms with van der Waals surface area (Å²) in [4.78, 5) is 4.45. The number of rotatable bonds is 0. The lowest BCUT2D eigenvalue weighted by molar-refractivity contribution is 0.0658. The van der Waals surface area contributed by atoms with Crippen molar-refractivity contribution >= 4 is 16.6 Å². The number of aromatic nitrogens is 1. The zero-order chi connectivity index (χ0) is 12.0. The van der Waals surface area contributed by atoms with E-state index in [2.05, 4.69) is 4.98 Å². The normalized spacial score (nSPS) is 23.6. The van der Waals surface area contributed by atoms with Gasteiger partial charge in [0, 0.05) is 29.5 Å². The zero-order valence-corrected chi connectivity index (χ0v) is 9.30. The van der Waals surface area contributed by atoms with E-state index in [0.29, 0.717) is 24.2 Å². The topological polar surface area (TPSA) is 79.4 Å². The fourth-order valence-electron chi connectivity index (χ4n) is 2.48. The number of nitrogen functional groups attached to an aromatic ring is 1. The van der Waals surface area contributed by atoms with Crippen LogP contribution in [0.15, 0.2) is 24.3 Å². The van der Waals surface area contributed by atoms with Gasteiger partial charge < -0.3 is 15.9 Å². The number of nitrogens with two attached hydrogens (primary N) is 1. The van der Waals surface area contributed by atoms with Gasteiger partial charge >= 0.3 is 0 Å². The molecule has 4 nitrogen and oxygen atoms in total. The maximum atomic E-state index is 9.94. The first-order chi connectivity index (χ1) is 8.16. The van der Waals surface area contributed by atoms with Gasteiger partial charge in [0.15, 0.2) is 0 Å². The Morgan fingerprint density at radius 2 is 2.00 bits per heavy atom. The molecular weight excluding hydrogens is 216 g/mol. The Bertz CT molecular complexity index is 583. The van der Waals surface area contributed by atoms with Crippen molar-refractivity contribution in [3.63, 3.8) is 0 Å². The SMILES string of the molecule is Nc1c2c(nc3ccccc13)C(O)CC(O)C2. The van der Waals surface area contributed by atoms with E-state index < -0.39 is 12.2 Å². The average Bonchev–Trinajstić information content (AvgIpc) is 2.31. The second-order valence-corrected chi connectivity index (χ2v) is 4.52. The lowest BCUT2D eigenvalue weighted by atomic mass is 9.89. The summed E-state index contributed by atoms with van der Waals surface area (Å²) in [5.41, 5.74) is 8.93. The van der Waals surface area contributed by atoms with Gasteiger partial charge in [-0.15, -0.1) is 0 Å². The summed E-state index contributed by atoms with van der Waals surface area (Å²) in [6, 6.07) is 7.59. The third-order valence-electron chi connectivity index (χ3n) is 3.32. The number of aliphatic hydroxyl groups excluding tert-OH is 2. The van der Waals surface area contributed by atoms with Crippen molar-refractivity contribution in [2.75, 3.05) is 5.73 Å². The maximum Gasteiger partial charge on any atom is 0.0988 e. The fraction of sp³-hybridized carbons (Fsp3) is 0.308. The molecule has 2 aromatic rings. The molecule has 2 unspecified atom stereocenters. The largest absolute Gasteiger partial charge is 0.398 e. The van der Waals surface area contributed by atoms with Gasteiger partial charge in [0.2, 0.25) is 0 Å². The quantitative estimate of drug-likeness (QED) is 0.634. The molecule has 88 valence electrons. The second kappa shape index (κ2) is 3.68. The van der Waals surface area contributed by atoms with Gasteiger partial charge in [0.1, 0.15) is 0 Å². The van der Waals surface area contributed by atoms with Crippen molar-refractivity contribution in [2.45, 2.75) is 25.0 Å². The van der Waals surface area contributed by atoms with E-state index in [-0.39, 0.29) is 0 Å². The third kappa shape index (κ3) is 1.57. The lowest BCUT2D eigenvalue weighted by Crippen LogP contribution is -2.24. The van der Waals surface area contributed by atoms with E-state index in [4.69, 9.17) is 5.73 Å². The van der Waals surface area contributed by atoms with E-state index in [9.17, 15) is 10.2 Å². The highest BCUT2D eigenvalue weighted by atomic mass is 16.3. The van der Waals surface area contributed by atoms with Gasteiger partial charge in [-0.25, -0.2) is 4.98 Å². The number of hydrogen-bond donors (Lipinski definition) is 3. The van der Waals surface area contributed by atoms with Crippen LogP contribution < -0.4 is 5.73 Å². The Morgan fingerprint density at radius 3 is 2.82 bits per heavy atom. The molecule has 0 fully saturated rings. The minimum absolute atomic E-state index is 0.331. The highest BCUT2D eigenvalue weighted by molar-refractivity contribution is 5.92. The molecular formula is C13H14N2O2. The Kier molecular flexibility index (Phi) is 2.28. The molecule has 1 aromatic heterocycles. The van der Waals surface area contributed by atoms with E-state index in [0.717, 1.165) is 16.5 Å². The minimum atomic E-state index is -0.722. The molecule has 4 N–H and O–H groups in total. The van der Waals surface area contributed by atoms with E-state index in [1.165, 1.54) is 0 Å². The summed E-state index contributed by atoms with van der Waals surface area (Å²) in [6.45, 7) is 0. The maximum absolute atomic E-state index is 9.94. The average molecular weight is 230 g/mol. The molecule has 0 bridgehead atoms. The van der Waals surface area contributed by atoms with Gasteiger partial charge in [0.25, 0.3) is 0 Å². The number of pyridine rings is 1. The van der Waals surface area contributed by atoms with Crippen LogP contribution >= 0.6 is 0 Å². The number of benzene rings is 1. The van der Waals surface area contributed by atoms with Crippen LogP contribution in [-0.4, -0.2) is 21.3 Å². The molecule has 0 saturated carbocycles. The number of aliphatic hydroxyl groups is 2. The number of para-hydroxylation sites is 1. The summed E-state index contributed by atoms with van der Waals surface area (Å²) in [5.74, 6) is 0. The number of nitrogens with zero attached hydrogens (tertiary/aromatic N) is 1. The third-order valence-corrected chi connectivity index (χ3v) is 3.32. The Balaban J connectivity index is 2.31. The summed E-state index contributed by atoms with van der Waals surface area (Å²) in [7, 11) is 0. The summed E-state index contributed by atoms with van der Waals surface area (Å²) in [5, 5.41) is 20.5. The van der Waals surface area contributed by atoms with Crippen LogP contribution in [0.1, 0.15) is 23.8 Å². The van der Waals surface area contributed by atoms with Crippen molar-refractivity contribution in [2.24, 2.45) is 0 Å². The van der Waals surface area contributed by atoms with Crippen LogP contribution in [0.2, 0.25) is 0 Å². The number of anilines is 1. The molecule has 1 aromatic carbocycles. The van der Waals surface area contributed by atoms with E-state index in [1.54, 1.807) is 0 Å². The first-order valence-electron chi connectivity index (χ1n) is 5.70. The first-order valence-corrected chi connectivity index (χ1v) is 5.70. The Hall–Kier alpha value is -1.65. The van der Waals surface area contributed by atoms with Crippen LogP contribution in [0, 0.1) is 0 Å². The Labute approximate surface area is 98.7 Å². The number of fused-ring (bicyclic) bond motifs is 2. The molecule has 1 heterocycles. The van der Waals surface area contributed by atoms with Gasteiger partial charge in [0.05, 0.1) is 23.4 Å². The van der Waals surface area contributed by atoms with E-state index >= 15 is 0 Å². The molecule has 0 radical (unpaired) electrons. The minimum Gasteiger partial charge on any atom is -0.398 e. The van der Waals surface area contributed by atoms with Crippen LogP contribution in [-0.2, 0) is 6.42 Å². The molecule has 17 heavy (non-hydrogen) atoms. The van der Waals surface area contributed by atoms with Crippen molar-refractivity contribution in [1.29, 1.82) is 0 Å². The van der Waals surface area contributed by atoms with Crippen LogP contribution in [0.3, 0.4) is 0 Å². The highest BCUT2D eigenvalue weighted by Gasteiger charge is 2.28. The zero-order valence-electron chi connectivity index (χ0n) is 9.30. The van der Waals surface area contributed by atoms with Gasteiger partial charge in [-0.05, 0) is 6.07 Å². The molecule has 0 spiro atoms. The smallest absolute Gasteiger partial charge is 0.0988 e. The van der Waals surface area contributed by atoms with Crippen LogP contribution in [0.25, 0.3) is 10.9 Å². The standard InChI is InChI=1S/C13H14N2O2/c14-12-8-3-1-2-4-10(8)15-13-9(12)5-7(16)6-11(13)17/h1-4,7,11,16-17H,5-6H2,(H2,14,15). The van der Waals surface area contributed by atoms with Gasteiger partial charge in [-0.2, -0.15) is 0 Å². The van der Waals surface area contributed by atoms with Crippen molar-refractivity contribution < 1.29 is 10.2 Å². The predicted molar refractivity (Wildman–Crippen MR) is 65.4 cm³/mol. The van der Waals surface area contributed by atoms with Gasteiger partial charge in [-0.1, -0.05) is 18.2 Å². The molecule has 1 aliphatic rings. The van der Waals surface area contributed by atoms with Crippen molar-refractivity contribution in [3.8, 4) is 0 Å². The molecule has 3 rings (SSSR count). The molecule has 0 aliphatic heterocycles.